The van der Waals surface area contributed by atoms with E-state index in [1.165, 1.54) is 12.8 Å². The normalized spacial score (nSPS) is 13.7. The van der Waals surface area contributed by atoms with Crippen molar-refractivity contribution in [2.45, 2.75) is 12.8 Å². The maximum Gasteiger partial charge on any atom is 0.258 e. The van der Waals surface area contributed by atoms with Gasteiger partial charge in [-0.1, -0.05) is 42.5 Å². The van der Waals surface area contributed by atoms with Gasteiger partial charge in [0, 0.05) is 30.9 Å². The van der Waals surface area contributed by atoms with Crippen LogP contribution >= 0.6 is 0 Å². The van der Waals surface area contributed by atoms with E-state index in [0.29, 0.717) is 23.7 Å². The molecule has 1 aliphatic rings. The van der Waals surface area contributed by atoms with Crippen LogP contribution < -0.4 is 14.4 Å². The summed E-state index contributed by atoms with van der Waals surface area (Å²) in [4.78, 5) is 17.1. The molecule has 32 heavy (non-hydrogen) atoms. The van der Waals surface area contributed by atoms with Gasteiger partial charge in [0.05, 0.1) is 7.11 Å². The van der Waals surface area contributed by atoms with Crippen LogP contribution in [0.5, 0.6) is 11.5 Å². The van der Waals surface area contributed by atoms with Crippen molar-refractivity contribution in [1.29, 1.82) is 0 Å². The Labute approximate surface area is 190 Å². The topological polar surface area (TPSA) is 42.0 Å². The summed E-state index contributed by atoms with van der Waals surface area (Å²) in [6, 6.07) is 23.4. The van der Waals surface area contributed by atoms with Gasteiger partial charge in [-0.05, 0) is 61.3 Å². The van der Waals surface area contributed by atoms with Gasteiger partial charge in [-0.15, -0.1) is 0 Å². The molecule has 1 saturated heterocycles. The molecule has 166 valence electrons. The average Bonchev–Trinajstić information content (AvgIpc) is 3.37. The van der Waals surface area contributed by atoms with E-state index in [9.17, 15) is 4.79 Å². The lowest BCUT2D eigenvalue weighted by Gasteiger charge is -2.20. The van der Waals surface area contributed by atoms with Crippen molar-refractivity contribution < 1.29 is 14.3 Å². The second-order valence-corrected chi connectivity index (χ2v) is 8.04. The first kappa shape index (κ1) is 21.9. The molecule has 0 unspecified atom stereocenters. The smallest absolute Gasteiger partial charge is 0.258 e. The number of carbonyl (C=O) groups is 1. The van der Waals surface area contributed by atoms with E-state index >= 15 is 0 Å². The number of carbonyl (C=O) groups excluding carboxylic acids is 1. The fourth-order valence-corrected chi connectivity index (χ4v) is 4.02. The van der Waals surface area contributed by atoms with E-state index in [1.54, 1.807) is 19.1 Å². The molecule has 0 bridgehead atoms. The van der Waals surface area contributed by atoms with Gasteiger partial charge in [-0.2, -0.15) is 0 Å². The lowest BCUT2D eigenvalue weighted by Crippen LogP contribution is -2.26. The van der Waals surface area contributed by atoms with Crippen molar-refractivity contribution >= 4 is 11.6 Å². The van der Waals surface area contributed by atoms with Crippen molar-refractivity contribution in [2.24, 2.45) is 0 Å². The van der Waals surface area contributed by atoms with Gasteiger partial charge in [0.15, 0.2) is 11.5 Å². The van der Waals surface area contributed by atoms with Crippen LogP contribution in [0.25, 0.3) is 11.1 Å². The zero-order chi connectivity index (χ0) is 22.3. The number of amides is 1. The molecule has 0 spiro atoms. The van der Waals surface area contributed by atoms with Crippen molar-refractivity contribution in [3.63, 3.8) is 0 Å². The van der Waals surface area contributed by atoms with Gasteiger partial charge in [0.1, 0.15) is 6.61 Å². The van der Waals surface area contributed by atoms with Gasteiger partial charge < -0.3 is 14.4 Å². The summed E-state index contributed by atoms with van der Waals surface area (Å²) >= 11 is 0. The zero-order valence-corrected chi connectivity index (χ0v) is 18.8. The first-order valence-electron chi connectivity index (χ1n) is 11.1. The first-order valence-corrected chi connectivity index (χ1v) is 11.1. The number of benzene rings is 3. The van der Waals surface area contributed by atoms with Gasteiger partial charge in [-0.25, -0.2) is 0 Å². The quantitative estimate of drug-likeness (QED) is 0.498. The third-order valence-corrected chi connectivity index (χ3v) is 5.94. The second kappa shape index (κ2) is 10.3. The van der Waals surface area contributed by atoms with Crippen molar-refractivity contribution in [3.8, 4) is 22.6 Å². The number of nitrogens with zero attached hydrogens (tertiary/aromatic N) is 2. The van der Waals surface area contributed by atoms with Crippen LogP contribution in [0, 0.1) is 0 Å². The maximum atomic E-state index is 13.0. The molecular formula is C27H30N2O3. The summed E-state index contributed by atoms with van der Waals surface area (Å²) in [5.41, 5.74) is 3.61. The van der Waals surface area contributed by atoms with Crippen molar-refractivity contribution in [1.82, 2.24) is 4.90 Å². The number of methoxy groups -OCH3 is 1. The lowest BCUT2D eigenvalue weighted by atomic mass is 10.0. The highest BCUT2D eigenvalue weighted by molar-refractivity contribution is 6.06. The summed E-state index contributed by atoms with van der Waals surface area (Å²) < 4.78 is 11.5. The number of anilines is 1. The van der Waals surface area contributed by atoms with Crippen LogP contribution in [-0.2, 0) is 0 Å². The Morgan fingerprint density at radius 3 is 2.28 bits per heavy atom. The minimum absolute atomic E-state index is 0.0747. The number of hydrogen-bond donors (Lipinski definition) is 0. The van der Waals surface area contributed by atoms with Gasteiger partial charge >= 0.3 is 0 Å². The van der Waals surface area contributed by atoms with Crippen molar-refractivity contribution in [2.75, 3.05) is 45.3 Å². The van der Waals surface area contributed by atoms with Crippen LogP contribution in [0.1, 0.15) is 23.2 Å². The van der Waals surface area contributed by atoms with Crippen LogP contribution in [-0.4, -0.2) is 51.2 Å². The molecule has 1 heterocycles. The number of likely N-dealkylation sites (tertiary alicyclic amines) is 1. The molecular weight excluding hydrogens is 400 g/mol. The van der Waals surface area contributed by atoms with E-state index in [4.69, 9.17) is 9.47 Å². The van der Waals surface area contributed by atoms with E-state index in [0.717, 1.165) is 36.4 Å². The van der Waals surface area contributed by atoms with Crippen molar-refractivity contribution in [3.05, 3.63) is 78.4 Å². The summed E-state index contributed by atoms with van der Waals surface area (Å²) in [6.07, 6.45) is 2.54. The molecule has 5 nitrogen and oxygen atoms in total. The standard InChI is InChI=1S/C27H30N2O3/c1-28(27(30)23-12-10-22(11-13-23)21-8-4-3-5-9-21)24-14-15-25(26(20-24)31-2)32-19-18-29-16-6-7-17-29/h3-5,8-15,20H,6-7,16-19H2,1-2H3. The Morgan fingerprint density at radius 1 is 0.906 bits per heavy atom. The molecule has 0 radical (unpaired) electrons. The fourth-order valence-electron chi connectivity index (χ4n) is 4.02. The highest BCUT2D eigenvalue weighted by atomic mass is 16.5. The maximum absolute atomic E-state index is 13.0. The largest absolute Gasteiger partial charge is 0.493 e. The highest BCUT2D eigenvalue weighted by Gasteiger charge is 2.17. The van der Waals surface area contributed by atoms with Gasteiger partial charge in [0.2, 0.25) is 0 Å². The molecule has 0 aliphatic carbocycles. The average molecular weight is 431 g/mol. The van der Waals surface area contributed by atoms with Crippen LogP contribution in [0.15, 0.2) is 72.8 Å². The lowest BCUT2D eigenvalue weighted by molar-refractivity contribution is 0.0993. The Morgan fingerprint density at radius 2 is 1.59 bits per heavy atom. The van der Waals surface area contributed by atoms with E-state index in [-0.39, 0.29) is 5.91 Å². The summed E-state index contributed by atoms with van der Waals surface area (Å²) in [5.74, 6) is 1.25. The first-order chi connectivity index (χ1) is 15.7. The second-order valence-electron chi connectivity index (χ2n) is 8.04. The zero-order valence-electron chi connectivity index (χ0n) is 18.8. The Balaban J connectivity index is 1.42. The van der Waals surface area contributed by atoms with Gasteiger partial charge in [0.25, 0.3) is 5.91 Å². The third kappa shape index (κ3) is 5.11. The number of ether oxygens (including phenoxy) is 2. The molecule has 1 fully saturated rings. The molecule has 0 saturated carbocycles. The van der Waals surface area contributed by atoms with E-state index in [1.807, 2.05) is 60.7 Å². The Kier molecular flexibility index (Phi) is 7.07. The molecule has 0 aromatic heterocycles. The molecule has 3 aromatic carbocycles. The van der Waals surface area contributed by atoms with Crippen LogP contribution in [0.2, 0.25) is 0 Å². The van der Waals surface area contributed by atoms with Gasteiger partial charge in [-0.3, -0.25) is 9.69 Å². The number of rotatable bonds is 8. The third-order valence-electron chi connectivity index (χ3n) is 5.94. The summed E-state index contributed by atoms with van der Waals surface area (Å²) in [5, 5.41) is 0. The molecule has 5 heteroatoms. The highest BCUT2D eigenvalue weighted by Crippen LogP contribution is 2.32. The molecule has 1 aliphatic heterocycles. The monoisotopic (exact) mass is 430 g/mol. The van der Waals surface area contributed by atoms with Crippen LogP contribution in [0.4, 0.5) is 5.69 Å². The Hall–Kier alpha value is -3.31. The SMILES string of the molecule is COc1cc(N(C)C(=O)c2ccc(-c3ccccc3)cc2)ccc1OCCN1CCCC1. The fraction of sp³-hybridized carbons (Fsp3) is 0.296. The predicted octanol–water partition coefficient (Wildman–Crippen LogP) is 5.11. The Bertz CT molecular complexity index is 1030. The predicted molar refractivity (Wildman–Crippen MR) is 129 cm³/mol. The minimum atomic E-state index is -0.0747. The number of hydrogen-bond acceptors (Lipinski definition) is 4. The molecule has 1 amide bonds. The minimum Gasteiger partial charge on any atom is -0.493 e. The van der Waals surface area contributed by atoms with Crippen LogP contribution in [0.3, 0.4) is 0 Å². The molecule has 0 atom stereocenters. The molecule has 3 aromatic rings. The van der Waals surface area contributed by atoms with E-state index in [2.05, 4.69) is 17.0 Å². The van der Waals surface area contributed by atoms with E-state index < -0.39 is 0 Å². The summed E-state index contributed by atoms with van der Waals surface area (Å²) in [6.45, 7) is 3.85. The molecule has 4 rings (SSSR count). The summed E-state index contributed by atoms with van der Waals surface area (Å²) in [7, 11) is 3.40. The molecule has 0 N–H and O–H groups in total.